The van der Waals surface area contributed by atoms with Crippen LogP contribution < -0.4 is 10.6 Å². The van der Waals surface area contributed by atoms with Crippen LogP contribution in [0.2, 0.25) is 0 Å². The lowest BCUT2D eigenvalue weighted by molar-refractivity contribution is -0.122. The maximum Gasteiger partial charge on any atom is 0.237 e. The Morgan fingerprint density at radius 1 is 1.30 bits per heavy atom. The fraction of sp³-hybridized carbons (Fsp3) is 0.471. The van der Waals surface area contributed by atoms with Gasteiger partial charge in [-0.05, 0) is 44.2 Å². The summed E-state index contributed by atoms with van der Waals surface area (Å²) >= 11 is 0. The molecule has 2 N–H and O–H groups in total. The minimum Gasteiger partial charge on any atom is -0.351 e. The summed E-state index contributed by atoms with van der Waals surface area (Å²) in [6.45, 7) is 3.45. The number of carbonyl (C=O) groups is 1. The topological polar surface area (TPSA) is 41.1 Å². The molecule has 2 unspecified atom stereocenters. The van der Waals surface area contributed by atoms with Crippen molar-refractivity contribution in [2.45, 2.75) is 38.8 Å². The molecule has 0 heterocycles. The molecule has 1 aromatic rings. The van der Waals surface area contributed by atoms with Crippen LogP contribution in [0, 0.1) is 5.92 Å². The van der Waals surface area contributed by atoms with Crippen molar-refractivity contribution in [3.8, 4) is 0 Å². The molecule has 2 rings (SSSR count). The summed E-state index contributed by atoms with van der Waals surface area (Å²) in [5, 5.41) is 6.31. The summed E-state index contributed by atoms with van der Waals surface area (Å²) in [5.74, 6) is 0.740. The summed E-state index contributed by atoms with van der Waals surface area (Å²) in [4.78, 5) is 12.0. The van der Waals surface area contributed by atoms with Crippen LogP contribution in [-0.2, 0) is 11.3 Å². The van der Waals surface area contributed by atoms with Crippen molar-refractivity contribution in [3.05, 3.63) is 48.0 Å². The molecule has 0 fully saturated rings. The van der Waals surface area contributed by atoms with E-state index in [9.17, 15) is 4.79 Å². The van der Waals surface area contributed by atoms with E-state index in [2.05, 4.69) is 22.8 Å². The zero-order valence-corrected chi connectivity index (χ0v) is 12.1. The number of hydrogen-bond acceptors (Lipinski definition) is 2. The van der Waals surface area contributed by atoms with Gasteiger partial charge in [-0.3, -0.25) is 4.79 Å². The van der Waals surface area contributed by atoms with Gasteiger partial charge in [0.1, 0.15) is 0 Å². The Balaban J connectivity index is 1.67. The van der Waals surface area contributed by atoms with E-state index in [1.807, 2.05) is 37.3 Å². The highest BCUT2D eigenvalue weighted by atomic mass is 16.2. The molecule has 20 heavy (non-hydrogen) atoms. The molecular weight excluding hydrogens is 248 g/mol. The fourth-order valence-electron chi connectivity index (χ4n) is 2.42. The Morgan fingerprint density at radius 2 is 2.10 bits per heavy atom. The number of benzene rings is 1. The largest absolute Gasteiger partial charge is 0.351 e. The predicted molar refractivity (Wildman–Crippen MR) is 82.2 cm³/mol. The lowest BCUT2D eigenvalue weighted by Gasteiger charge is -2.21. The monoisotopic (exact) mass is 272 g/mol. The molecule has 108 valence electrons. The van der Waals surface area contributed by atoms with Gasteiger partial charge in [-0.2, -0.15) is 0 Å². The molecule has 0 saturated heterocycles. The number of rotatable bonds is 6. The standard InChI is InChI=1S/C17H24N2O/c1-14(18-12-15-8-4-2-5-9-15)17(20)19-13-16-10-6-3-7-11-16/h2-4,6-7,10-11,14-15,18H,5,8-9,12-13H2,1H3,(H,19,20). The van der Waals surface area contributed by atoms with Gasteiger partial charge in [0.25, 0.3) is 0 Å². The minimum atomic E-state index is -0.135. The van der Waals surface area contributed by atoms with Crippen molar-refractivity contribution in [2.24, 2.45) is 5.92 Å². The van der Waals surface area contributed by atoms with Crippen molar-refractivity contribution < 1.29 is 4.79 Å². The summed E-state index contributed by atoms with van der Waals surface area (Å²) in [5.41, 5.74) is 1.13. The normalized spacial score (nSPS) is 19.6. The van der Waals surface area contributed by atoms with Crippen LogP contribution in [0.15, 0.2) is 42.5 Å². The van der Waals surface area contributed by atoms with Gasteiger partial charge in [0.05, 0.1) is 6.04 Å². The van der Waals surface area contributed by atoms with E-state index in [0.29, 0.717) is 12.5 Å². The third kappa shape index (κ3) is 4.82. The highest BCUT2D eigenvalue weighted by Gasteiger charge is 2.15. The molecule has 0 bridgehead atoms. The third-order valence-corrected chi connectivity index (χ3v) is 3.79. The van der Waals surface area contributed by atoms with E-state index in [1.54, 1.807) is 0 Å². The highest BCUT2D eigenvalue weighted by Crippen LogP contribution is 2.16. The summed E-state index contributed by atoms with van der Waals surface area (Å²) in [6.07, 6.45) is 8.01. The zero-order valence-electron chi connectivity index (χ0n) is 12.1. The van der Waals surface area contributed by atoms with Crippen LogP contribution in [0.25, 0.3) is 0 Å². The molecule has 1 aromatic carbocycles. The van der Waals surface area contributed by atoms with Gasteiger partial charge in [0.2, 0.25) is 5.91 Å². The molecule has 0 saturated carbocycles. The second-order valence-corrected chi connectivity index (χ2v) is 5.48. The first-order valence-electron chi connectivity index (χ1n) is 7.45. The average molecular weight is 272 g/mol. The van der Waals surface area contributed by atoms with Crippen LogP contribution in [0.4, 0.5) is 0 Å². The Labute approximate surface area is 121 Å². The number of allylic oxidation sites excluding steroid dienone is 2. The van der Waals surface area contributed by atoms with Crippen LogP contribution >= 0.6 is 0 Å². The number of nitrogens with one attached hydrogen (secondary N) is 2. The molecule has 0 spiro atoms. The Morgan fingerprint density at radius 3 is 2.80 bits per heavy atom. The molecule has 0 radical (unpaired) electrons. The molecule has 3 nitrogen and oxygen atoms in total. The first-order valence-corrected chi connectivity index (χ1v) is 7.45. The van der Waals surface area contributed by atoms with E-state index in [0.717, 1.165) is 18.5 Å². The van der Waals surface area contributed by atoms with Gasteiger partial charge >= 0.3 is 0 Å². The van der Waals surface area contributed by atoms with Crippen molar-refractivity contribution in [1.29, 1.82) is 0 Å². The van der Waals surface area contributed by atoms with Gasteiger partial charge in [0, 0.05) is 6.54 Å². The van der Waals surface area contributed by atoms with E-state index in [-0.39, 0.29) is 11.9 Å². The molecule has 0 aromatic heterocycles. The number of amides is 1. The first kappa shape index (κ1) is 14.8. The van der Waals surface area contributed by atoms with E-state index in [1.165, 1.54) is 12.8 Å². The molecule has 0 aliphatic heterocycles. The molecule has 1 aliphatic rings. The molecule has 2 atom stereocenters. The van der Waals surface area contributed by atoms with Gasteiger partial charge in [-0.1, -0.05) is 42.5 Å². The second-order valence-electron chi connectivity index (χ2n) is 5.48. The third-order valence-electron chi connectivity index (χ3n) is 3.79. The highest BCUT2D eigenvalue weighted by molar-refractivity contribution is 5.81. The SMILES string of the molecule is CC(NCC1CC=CCC1)C(=O)NCc1ccccc1. The predicted octanol–water partition coefficient (Wildman–Crippen LogP) is 2.64. The lowest BCUT2D eigenvalue weighted by Crippen LogP contribution is -2.43. The van der Waals surface area contributed by atoms with E-state index in [4.69, 9.17) is 0 Å². The quantitative estimate of drug-likeness (QED) is 0.782. The van der Waals surface area contributed by atoms with Crippen LogP contribution in [0.5, 0.6) is 0 Å². The van der Waals surface area contributed by atoms with Gasteiger partial charge in [-0.25, -0.2) is 0 Å². The van der Waals surface area contributed by atoms with E-state index >= 15 is 0 Å². The molecule has 1 amide bonds. The van der Waals surface area contributed by atoms with Crippen LogP contribution in [0.3, 0.4) is 0 Å². The fourth-order valence-corrected chi connectivity index (χ4v) is 2.42. The van der Waals surface area contributed by atoms with Crippen LogP contribution in [-0.4, -0.2) is 18.5 Å². The maximum atomic E-state index is 12.0. The van der Waals surface area contributed by atoms with Crippen molar-refractivity contribution >= 4 is 5.91 Å². The molecular formula is C17H24N2O. The van der Waals surface area contributed by atoms with Crippen molar-refractivity contribution in [3.63, 3.8) is 0 Å². The average Bonchev–Trinajstić information content (AvgIpc) is 2.52. The Hall–Kier alpha value is -1.61. The Bertz CT molecular complexity index is 442. The zero-order chi connectivity index (χ0) is 14.2. The van der Waals surface area contributed by atoms with E-state index < -0.39 is 0 Å². The smallest absolute Gasteiger partial charge is 0.237 e. The maximum absolute atomic E-state index is 12.0. The van der Waals surface area contributed by atoms with Gasteiger partial charge in [0.15, 0.2) is 0 Å². The molecule has 3 heteroatoms. The van der Waals surface area contributed by atoms with Crippen molar-refractivity contribution in [2.75, 3.05) is 6.54 Å². The first-order chi connectivity index (χ1) is 9.75. The summed E-state index contributed by atoms with van der Waals surface area (Å²) < 4.78 is 0. The van der Waals surface area contributed by atoms with Crippen molar-refractivity contribution in [1.82, 2.24) is 10.6 Å². The summed E-state index contributed by atoms with van der Waals surface area (Å²) in [7, 11) is 0. The van der Waals surface area contributed by atoms with Crippen LogP contribution in [0.1, 0.15) is 31.7 Å². The number of carbonyl (C=O) groups excluding carboxylic acids is 1. The second kappa shape index (κ2) is 7.85. The number of hydrogen-bond donors (Lipinski definition) is 2. The van der Waals surface area contributed by atoms with Gasteiger partial charge in [-0.15, -0.1) is 0 Å². The summed E-state index contributed by atoms with van der Waals surface area (Å²) in [6, 6.07) is 9.86. The van der Waals surface area contributed by atoms with Gasteiger partial charge < -0.3 is 10.6 Å². The Kier molecular flexibility index (Phi) is 5.81. The molecule has 1 aliphatic carbocycles. The lowest BCUT2D eigenvalue weighted by atomic mass is 9.94. The minimum absolute atomic E-state index is 0.0696.